The quantitative estimate of drug-likeness (QED) is 0.167. The molecule has 0 bridgehead atoms. The third-order valence-electron chi connectivity index (χ3n) is 13.5. The van der Waals surface area contributed by atoms with Crippen LogP contribution in [0.4, 0.5) is 17.1 Å². The smallest absolute Gasteiger partial charge is 0.143 e. The Morgan fingerprint density at radius 1 is 0.349 bits per heavy atom. The molecule has 11 aromatic carbocycles. The monoisotopic (exact) mass is 801 g/mol. The van der Waals surface area contributed by atoms with Gasteiger partial charge in [-0.05, 0) is 109 Å². The maximum Gasteiger partial charge on any atom is 0.143 e. The summed E-state index contributed by atoms with van der Waals surface area (Å²) in [6.07, 6.45) is 0. The first kappa shape index (κ1) is 35.5. The molecule has 13 rings (SSSR count). The summed E-state index contributed by atoms with van der Waals surface area (Å²) < 4.78 is 6.99. The van der Waals surface area contributed by atoms with E-state index in [1.54, 1.807) is 0 Å². The zero-order valence-electron chi connectivity index (χ0n) is 34.4. The number of fused-ring (bicyclic) bond motifs is 10. The van der Waals surface area contributed by atoms with E-state index in [0.717, 1.165) is 60.9 Å². The van der Waals surface area contributed by atoms with Crippen molar-refractivity contribution < 1.29 is 4.42 Å². The van der Waals surface area contributed by atoms with Crippen LogP contribution in [0.5, 0.6) is 0 Å². The number of hydrogen-bond donors (Lipinski definition) is 0. The first-order chi connectivity index (χ1) is 31.2. The maximum absolute atomic E-state index is 6.99. The largest absolute Gasteiger partial charge is 0.455 e. The van der Waals surface area contributed by atoms with Crippen LogP contribution < -0.4 is 4.90 Å². The first-order valence-corrected chi connectivity index (χ1v) is 21.7. The van der Waals surface area contributed by atoms with Crippen molar-refractivity contribution in [1.29, 1.82) is 0 Å². The molecule has 63 heavy (non-hydrogen) atoms. The molecule has 1 aliphatic rings. The zero-order valence-corrected chi connectivity index (χ0v) is 34.4. The van der Waals surface area contributed by atoms with Crippen LogP contribution in [0, 0.1) is 0 Å². The third-order valence-corrected chi connectivity index (χ3v) is 13.5. The van der Waals surface area contributed by atoms with Gasteiger partial charge in [-0.15, -0.1) is 0 Å². The summed E-state index contributed by atoms with van der Waals surface area (Å²) >= 11 is 0. The molecule has 0 saturated heterocycles. The average molecular weight is 802 g/mol. The Hall–Kier alpha value is -8.20. The van der Waals surface area contributed by atoms with Crippen LogP contribution in [-0.2, 0) is 5.41 Å². The van der Waals surface area contributed by atoms with Gasteiger partial charge in [0.25, 0.3) is 0 Å². The molecular formula is C61H39NO. The Balaban J connectivity index is 1.09. The van der Waals surface area contributed by atoms with Crippen molar-refractivity contribution in [3.8, 4) is 22.3 Å². The summed E-state index contributed by atoms with van der Waals surface area (Å²) in [6, 6.07) is 86.6. The van der Waals surface area contributed by atoms with Crippen LogP contribution in [0.1, 0.15) is 22.3 Å². The van der Waals surface area contributed by atoms with Gasteiger partial charge in [-0.2, -0.15) is 0 Å². The van der Waals surface area contributed by atoms with Crippen molar-refractivity contribution in [2.75, 3.05) is 4.90 Å². The van der Waals surface area contributed by atoms with Gasteiger partial charge >= 0.3 is 0 Å². The number of furan rings is 1. The molecule has 1 aliphatic carbocycles. The molecule has 0 atom stereocenters. The molecule has 0 amide bonds. The second-order valence-corrected chi connectivity index (χ2v) is 16.8. The zero-order chi connectivity index (χ0) is 41.5. The van der Waals surface area contributed by atoms with E-state index >= 15 is 0 Å². The van der Waals surface area contributed by atoms with Crippen molar-refractivity contribution in [2.45, 2.75) is 5.41 Å². The maximum atomic E-state index is 6.99. The van der Waals surface area contributed by atoms with Crippen LogP contribution in [0.25, 0.3) is 76.5 Å². The lowest BCUT2D eigenvalue weighted by atomic mass is 9.67. The Labute approximate surface area is 365 Å². The van der Waals surface area contributed by atoms with E-state index in [0.29, 0.717) is 0 Å². The minimum absolute atomic E-state index is 0.500. The molecular weight excluding hydrogens is 763 g/mol. The number of benzene rings is 11. The summed E-state index contributed by atoms with van der Waals surface area (Å²) in [5.74, 6) is 0. The SMILES string of the molecule is c1ccc(C2(c3ccccc3)c3ccccc3-c3ccc(-c4cccc5oc6c7ccccc7c(N(c7ccc8ccccc8c7)c7ccc8ccccc8c7)cc6c45)cc32)cc1. The molecule has 1 aromatic heterocycles. The number of anilines is 3. The highest BCUT2D eigenvalue weighted by atomic mass is 16.3. The van der Waals surface area contributed by atoms with Gasteiger partial charge in [0, 0.05) is 32.9 Å². The fraction of sp³-hybridized carbons (Fsp3) is 0.0164. The highest BCUT2D eigenvalue weighted by molar-refractivity contribution is 6.22. The molecule has 2 heteroatoms. The van der Waals surface area contributed by atoms with Crippen LogP contribution in [0.15, 0.2) is 241 Å². The van der Waals surface area contributed by atoms with Crippen molar-refractivity contribution in [3.05, 3.63) is 259 Å². The van der Waals surface area contributed by atoms with Gasteiger partial charge in [-0.1, -0.05) is 194 Å². The van der Waals surface area contributed by atoms with Crippen LogP contribution in [0.3, 0.4) is 0 Å². The predicted molar refractivity (Wildman–Crippen MR) is 264 cm³/mol. The highest BCUT2D eigenvalue weighted by Crippen LogP contribution is 2.57. The molecule has 12 aromatic rings. The van der Waals surface area contributed by atoms with Gasteiger partial charge in [0.05, 0.1) is 11.1 Å². The summed E-state index contributed by atoms with van der Waals surface area (Å²) in [5.41, 5.74) is 14.5. The number of hydrogen-bond acceptors (Lipinski definition) is 2. The highest BCUT2D eigenvalue weighted by Gasteiger charge is 2.46. The summed E-state index contributed by atoms with van der Waals surface area (Å²) in [6.45, 7) is 0. The van der Waals surface area contributed by atoms with E-state index in [1.165, 1.54) is 54.9 Å². The molecule has 0 radical (unpaired) electrons. The van der Waals surface area contributed by atoms with Crippen molar-refractivity contribution in [3.63, 3.8) is 0 Å². The van der Waals surface area contributed by atoms with Gasteiger partial charge in [0.1, 0.15) is 11.2 Å². The Morgan fingerprint density at radius 3 is 1.59 bits per heavy atom. The Morgan fingerprint density at radius 2 is 0.905 bits per heavy atom. The van der Waals surface area contributed by atoms with E-state index in [2.05, 4.69) is 241 Å². The molecule has 0 saturated carbocycles. The van der Waals surface area contributed by atoms with Crippen molar-refractivity contribution >= 4 is 71.3 Å². The second-order valence-electron chi connectivity index (χ2n) is 16.8. The van der Waals surface area contributed by atoms with Gasteiger partial charge in [0.2, 0.25) is 0 Å². The van der Waals surface area contributed by atoms with Gasteiger partial charge < -0.3 is 9.32 Å². The first-order valence-electron chi connectivity index (χ1n) is 21.7. The Kier molecular flexibility index (Phi) is 7.85. The fourth-order valence-electron chi connectivity index (χ4n) is 10.7. The molecule has 0 N–H and O–H groups in total. The summed E-state index contributed by atoms with van der Waals surface area (Å²) in [5, 5.41) is 9.22. The van der Waals surface area contributed by atoms with E-state index in [-0.39, 0.29) is 0 Å². The van der Waals surface area contributed by atoms with E-state index in [4.69, 9.17) is 4.42 Å². The predicted octanol–water partition coefficient (Wildman–Crippen LogP) is 16.5. The lowest BCUT2D eigenvalue weighted by Gasteiger charge is -2.34. The molecule has 1 heterocycles. The molecule has 0 aliphatic heterocycles. The minimum atomic E-state index is -0.500. The molecule has 294 valence electrons. The van der Waals surface area contributed by atoms with E-state index in [9.17, 15) is 0 Å². The normalized spacial score (nSPS) is 12.9. The van der Waals surface area contributed by atoms with Crippen LogP contribution in [-0.4, -0.2) is 0 Å². The number of nitrogens with zero attached hydrogens (tertiary/aromatic N) is 1. The third kappa shape index (κ3) is 5.32. The van der Waals surface area contributed by atoms with Crippen molar-refractivity contribution in [2.24, 2.45) is 0 Å². The van der Waals surface area contributed by atoms with Crippen LogP contribution >= 0.6 is 0 Å². The molecule has 0 unspecified atom stereocenters. The topological polar surface area (TPSA) is 16.4 Å². The van der Waals surface area contributed by atoms with E-state index < -0.39 is 5.41 Å². The molecule has 0 fully saturated rings. The van der Waals surface area contributed by atoms with Crippen LogP contribution in [0.2, 0.25) is 0 Å². The Bertz CT molecular complexity index is 3630. The van der Waals surface area contributed by atoms with E-state index in [1.807, 2.05) is 0 Å². The van der Waals surface area contributed by atoms with Gasteiger partial charge in [-0.25, -0.2) is 0 Å². The molecule has 2 nitrogen and oxygen atoms in total. The standard InChI is InChI=1S/C61H39NO/c1-3-20-45(21-4-1)61(46-22-5-2-6-23-46)55-28-14-13-24-50(55)51-35-32-44(38-56(51)61)49-27-15-29-58-59(49)54-39-57(52-25-11-12-26-53(52)60(54)63-58)62(47-33-30-40-16-7-9-18-42(40)36-47)48-34-31-41-17-8-10-19-43(41)37-48/h1-39H. The lowest BCUT2D eigenvalue weighted by molar-refractivity contribution is 0.673. The summed E-state index contributed by atoms with van der Waals surface area (Å²) in [4.78, 5) is 2.43. The summed E-state index contributed by atoms with van der Waals surface area (Å²) in [7, 11) is 0. The fourth-order valence-corrected chi connectivity index (χ4v) is 10.7. The number of rotatable bonds is 6. The second kappa shape index (κ2) is 13.9. The average Bonchev–Trinajstić information content (AvgIpc) is 3.88. The van der Waals surface area contributed by atoms with Gasteiger partial charge in [0.15, 0.2) is 0 Å². The van der Waals surface area contributed by atoms with Crippen molar-refractivity contribution in [1.82, 2.24) is 0 Å². The molecule has 0 spiro atoms. The lowest BCUT2D eigenvalue weighted by Crippen LogP contribution is -2.28. The van der Waals surface area contributed by atoms with Gasteiger partial charge in [-0.3, -0.25) is 0 Å². The minimum Gasteiger partial charge on any atom is -0.455 e.